The zero-order chi connectivity index (χ0) is 12.7. The Morgan fingerprint density at radius 3 is 2.82 bits per heavy atom. The highest BCUT2D eigenvalue weighted by Gasteiger charge is 2.06. The standard InChI is InChI=1S/C12H20N2O2S/c1-9-10(2)17-12(14-9)6-5-11(15)13-7-4-8-16-3/h4-8H2,1-3H3,(H,13,15). The predicted octanol–water partition coefficient (Wildman–Crippen LogP) is 1.85. The van der Waals surface area contributed by atoms with Gasteiger partial charge >= 0.3 is 0 Å². The maximum absolute atomic E-state index is 11.5. The molecule has 1 N–H and O–H groups in total. The number of methoxy groups -OCH3 is 1. The highest BCUT2D eigenvalue weighted by atomic mass is 32.1. The Morgan fingerprint density at radius 1 is 1.47 bits per heavy atom. The fourth-order valence-electron chi connectivity index (χ4n) is 1.40. The molecule has 0 aliphatic rings. The minimum Gasteiger partial charge on any atom is -0.385 e. The molecule has 0 bridgehead atoms. The van der Waals surface area contributed by atoms with Crippen molar-refractivity contribution in [3.8, 4) is 0 Å². The Morgan fingerprint density at radius 2 is 2.24 bits per heavy atom. The minimum atomic E-state index is 0.0895. The van der Waals surface area contributed by atoms with Crippen molar-refractivity contribution < 1.29 is 9.53 Å². The van der Waals surface area contributed by atoms with Crippen LogP contribution in [0.25, 0.3) is 0 Å². The zero-order valence-corrected chi connectivity index (χ0v) is 11.5. The van der Waals surface area contributed by atoms with E-state index < -0.39 is 0 Å². The summed E-state index contributed by atoms with van der Waals surface area (Å²) in [4.78, 5) is 17.1. The van der Waals surface area contributed by atoms with E-state index in [0.717, 1.165) is 23.5 Å². The van der Waals surface area contributed by atoms with Crippen molar-refractivity contribution in [3.63, 3.8) is 0 Å². The van der Waals surface area contributed by atoms with Gasteiger partial charge in [0.05, 0.1) is 10.7 Å². The largest absolute Gasteiger partial charge is 0.385 e. The van der Waals surface area contributed by atoms with Crippen LogP contribution in [-0.2, 0) is 16.0 Å². The number of hydrogen-bond donors (Lipinski definition) is 1. The summed E-state index contributed by atoms with van der Waals surface area (Å²) in [5, 5.41) is 3.92. The Kier molecular flexibility index (Phi) is 6.15. The van der Waals surface area contributed by atoms with Gasteiger partial charge in [0.1, 0.15) is 0 Å². The molecule has 0 spiro atoms. The third-order valence-corrected chi connectivity index (χ3v) is 3.62. The summed E-state index contributed by atoms with van der Waals surface area (Å²) in [6, 6.07) is 0. The van der Waals surface area contributed by atoms with Crippen LogP contribution < -0.4 is 5.32 Å². The van der Waals surface area contributed by atoms with Crippen LogP contribution in [0.2, 0.25) is 0 Å². The lowest BCUT2D eigenvalue weighted by atomic mass is 10.3. The van der Waals surface area contributed by atoms with E-state index in [-0.39, 0.29) is 5.91 Å². The van der Waals surface area contributed by atoms with Crippen molar-refractivity contribution in [1.29, 1.82) is 0 Å². The molecule has 1 aromatic heterocycles. The van der Waals surface area contributed by atoms with Crippen molar-refractivity contribution in [2.45, 2.75) is 33.1 Å². The summed E-state index contributed by atoms with van der Waals surface area (Å²) in [7, 11) is 1.66. The first-order chi connectivity index (χ1) is 8.13. The lowest BCUT2D eigenvalue weighted by Crippen LogP contribution is -2.25. The van der Waals surface area contributed by atoms with Crippen molar-refractivity contribution in [2.75, 3.05) is 20.3 Å². The summed E-state index contributed by atoms with van der Waals surface area (Å²) in [6.07, 6.45) is 2.10. The van der Waals surface area contributed by atoms with Crippen LogP contribution >= 0.6 is 11.3 Å². The van der Waals surface area contributed by atoms with E-state index >= 15 is 0 Å². The Bertz CT molecular complexity index is 344. The third kappa shape index (κ3) is 5.28. The molecule has 0 aliphatic carbocycles. The smallest absolute Gasteiger partial charge is 0.220 e. The van der Waals surface area contributed by atoms with Crippen LogP contribution in [0.4, 0.5) is 0 Å². The van der Waals surface area contributed by atoms with Gasteiger partial charge in [-0.1, -0.05) is 0 Å². The number of carbonyl (C=O) groups excluding carboxylic acids is 1. The van der Waals surface area contributed by atoms with Crippen LogP contribution in [0.5, 0.6) is 0 Å². The normalized spacial score (nSPS) is 10.5. The van der Waals surface area contributed by atoms with Gasteiger partial charge in [-0.3, -0.25) is 4.79 Å². The molecule has 1 amide bonds. The molecular formula is C12H20N2O2S. The van der Waals surface area contributed by atoms with Crippen LogP contribution in [0.1, 0.15) is 28.4 Å². The van der Waals surface area contributed by atoms with Crippen LogP contribution in [0, 0.1) is 13.8 Å². The molecule has 1 heterocycles. The number of aromatic nitrogens is 1. The molecule has 4 nitrogen and oxygen atoms in total. The minimum absolute atomic E-state index is 0.0895. The molecule has 0 radical (unpaired) electrons. The third-order valence-electron chi connectivity index (χ3n) is 2.49. The van der Waals surface area contributed by atoms with Gasteiger partial charge in [-0.05, 0) is 20.3 Å². The first-order valence-electron chi connectivity index (χ1n) is 5.82. The van der Waals surface area contributed by atoms with Gasteiger partial charge < -0.3 is 10.1 Å². The molecule has 0 saturated heterocycles. The van der Waals surface area contributed by atoms with E-state index in [1.165, 1.54) is 4.88 Å². The van der Waals surface area contributed by atoms with Gasteiger partial charge in [0.2, 0.25) is 5.91 Å². The molecule has 0 unspecified atom stereocenters. The van der Waals surface area contributed by atoms with Gasteiger partial charge in [-0.25, -0.2) is 4.98 Å². The fourth-order valence-corrected chi connectivity index (χ4v) is 2.33. The number of amides is 1. The molecule has 0 atom stereocenters. The van der Waals surface area contributed by atoms with Crippen molar-refractivity contribution in [1.82, 2.24) is 10.3 Å². The molecule has 0 fully saturated rings. The van der Waals surface area contributed by atoms with Crippen LogP contribution in [0.15, 0.2) is 0 Å². The topological polar surface area (TPSA) is 51.2 Å². The lowest BCUT2D eigenvalue weighted by molar-refractivity contribution is -0.121. The number of rotatable bonds is 7. The number of ether oxygens (including phenoxy) is 1. The van der Waals surface area contributed by atoms with Gasteiger partial charge in [0.15, 0.2) is 0 Å². The van der Waals surface area contributed by atoms with E-state index in [1.54, 1.807) is 18.4 Å². The van der Waals surface area contributed by atoms with Crippen LogP contribution in [-0.4, -0.2) is 31.2 Å². The summed E-state index contributed by atoms with van der Waals surface area (Å²) in [5.41, 5.74) is 1.07. The summed E-state index contributed by atoms with van der Waals surface area (Å²) < 4.78 is 4.91. The maximum atomic E-state index is 11.5. The predicted molar refractivity (Wildman–Crippen MR) is 69.4 cm³/mol. The second-order valence-electron chi connectivity index (χ2n) is 3.95. The average Bonchev–Trinajstić information content (AvgIpc) is 2.62. The number of hydrogen-bond acceptors (Lipinski definition) is 4. The van der Waals surface area contributed by atoms with E-state index in [0.29, 0.717) is 19.6 Å². The van der Waals surface area contributed by atoms with E-state index in [1.807, 2.05) is 6.92 Å². The Labute approximate surface area is 106 Å². The first-order valence-corrected chi connectivity index (χ1v) is 6.63. The van der Waals surface area contributed by atoms with Crippen molar-refractivity contribution in [3.05, 3.63) is 15.6 Å². The summed E-state index contributed by atoms with van der Waals surface area (Å²) >= 11 is 1.68. The Balaban J connectivity index is 2.19. The molecule has 96 valence electrons. The lowest BCUT2D eigenvalue weighted by Gasteiger charge is -2.03. The second-order valence-corrected chi connectivity index (χ2v) is 5.23. The van der Waals surface area contributed by atoms with E-state index in [4.69, 9.17) is 4.74 Å². The molecule has 0 aromatic carbocycles. The number of thiazole rings is 1. The Hall–Kier alpha value is -0.940. The van der Waals surface area contributed by atoms with E-state index in [2.05, 4.69) is 17.2 Å². The number of carbonyl (C=O) groups is 1. The zero-order valence-electron chi connectivity index (χ0n) is 10.7. The van der Waals surface area contributed by atoms with Crippen LogP contribution in [0.3, 0.4) is 0 Å². The first kappa shape index (κ1) is 14.1. The monoisotopic (exact) mass is 256 g/mol. The highest BCUT2D eigenvalue weighted by molar-refractivity contribution is 7.11. The fraction of sp³-hybridized carbons (Fsp3) is 0.667. The van der Waals surface area contributed by atoms with Gasteiger partial charge in [-0.15, -0.1) is 11.3 Å². The quantitative estimate of drug-likeness (QED) is 0.757. The van der Waals surface area contributed by atoms with Gasteiger partial charge in [-0.2, -0.15) is 0 Å². The van der Waals surface area contributed by atoms with Gasteiger partial charge in [0, 0.05) is 38.0 Å². The molecule has 0 saturated carbocycles. The molecule has 0 aliphatic heterocycles. The highest BCUT2D eigenvalue weighted by Crippen LogP contribution is 2.17. The number of nitrogens with one attached hydrogen (secondary N) is 1. The number of nitrogens with zero attached hydrogens (tertiary/aromatic N) is 1. The second kappa shape index (κ2) is 7.40. The molecule has 1 aromatic rings. The average molecular weight is 256 g/mol. The van der Waals surface area contributed by atoms with Crippen molar-refractivity contribution in [2.24, 2.45) is 0 Å². The molecule has 5 heteroatoms. The summed E-state index contributed by atoms with van der Waals surface area (Å²) in [5.74, 6) is 0.0895. The summed E-state index contributed by atoms with van der Waals surface area (Å²) in [6.45, 7) is 5.43. The SMILES string of the molecule is COCCCNC(=O)CCc1nc(C)c(C)s1. The molecule has 17 heavy (non-hydrogen) atoms. The molecule has 1 rings (SSSR count). The maximum Gasteiger partial charge on any atom is 0.220 e. The van der Waals surface area contributed by atoms with Gasteiger partial charge in [0.25, 0.3) is 0 Å². The number of aryl methyl sites for hydroxylation is 3. The van der Waals surface area contributed by atoms with E-state index in [9.17, 15) is 4.79 Å². The molecular weight excluding hydrogens is 236 g/mol. The van der Waals surface area contributed by atoms with Crippen molar-refractivity contribution >= 4 is 17.2 Å².